The van der Waals surface area contributed by atoms with E-state index in [1.165, 1.54) is 0 Å². The molecule has 0 radical (unpaired) electrons. The van der Waals surface area contributed by atoms with Crippen molar-refractivity contribution >= 4 is 54.5 Å². The second-order valence-corrected chi connectivity index (χ2v) is 11.0. The van der Waals surface area contributed by atoms with Crippen molar-refractivity contribution in [1.29, 1.82) is 0 Å². The van der Waals surface area contributed by atoms with Gasteiger partial charge in [-0.1, -0.05) is 0 Å². The zero-order valence-corrected chi connectivity index (χ0v) is 17.9. The lowest BCUT2D eigenvalue weighted by Crippen LogP contribution is -2.44. The molecular formula is C14Br2F12S2. The Morgan fingerprint density at radius 3 is 0.933 bits per heavy atom. The summed E-state index contributed by atoms with van der Waals surface area (Å²) in [4.78, 5) is -2.72. The Morgan fingerprint density at radius 2 is 0.667 bits per heavy atom. The molecule has 0 amide bonds. The Kier molecular flexibility index (Phi) is 4.32. The van der Waals surface area contributed by atoms with Gasteiger partial charge in [-0.05, 0) is 31.9 Å². The van der Waals surface area contributed by atoms with Gasteiger partial charge in [-0.3, -0.25) is 0 Å². The van der Waals surface area contributed by atoms with E-state index in [0.29, 0.717) is 0 Å². The van der Waals surface area contributed by atoms with Crippen LogP contribution >= 0.6 is 54.5 Å². The summed E-state index contributed by atoms with van der Waals surface area (Å²) in [7, 11) is 0. The van der Waals surface area contributed by atoms with E-state index in [2.05, 4.69) is 31.9 Å². The molecule has 4 rings (SSSR count). The van der Waals surface area contributed by atoms with Crippen LogP contribution in [-0.4, -0.2) is 11.8 Å². The number of alkyl halides is 12. The number of hydrogen-bond acceptors (Lipinski definition) is 2. The Morgan fingerprint density at radius 1 is 0.433 bits per heavy atom. The van der Waals surface area contributed by atoms with Crippen LogP contribution in [-0.2, 0) is 23.7 Å². The number of halogens is 14. The maximum atomic E-state index is 14.3. The molecule has 2 aliphatic rings. The minimum absolute atomic E-state index is 0.155. The smallest absolute Gasteiger partial charge is 0.194 e. The van der Waals surface area contributed by atoms with E-state index >= 15 is 0 Å². The van der Waals surface area contributed by atoms with Crippen LogP contribution in [0.5, 0.6) is 0 Å². The first-order valence-electron chi connectivity index (χ1n) is 7.21. The molecule has 0 aromatic carbocycles. The predicted molar refractivity (Wildman–Crippen MR) is 88.5 cm³/mol. The molecule has 0 atom stereocenters. The van der Waals surface area contributed by atoms with Gasteiger partial charge >= 0.3 is 35.5 Å². The van der Waals surface area contributed by atoms with Crippen LogP contribution in [0.15, 0.2) is 7.57 Å². The second-order valence-electron chi connectivity index (χ2n) is 6.36. The molecule has 0 N–H and O–H groups in total. The van der Waals surface area contributed by atoms with Gasteiger partial charge in [0.15, 0.2) is 0 Å². The first kappa shape index (κ1) is 22.7. The molecule has 0 spiro atoms. The van der Waals surface area contributed by atoms with E-state index in [9.17, 15) is 52.7 Å². The fraction of sp³-hybridized carbons (Fsp3) is 0.429. The third-order valence-electron chi connectivity index (χ3n) is 4.77. The quantitative estimate of drug-likeness (QED) is 0.280. The summed E-state index contributed by atoms with van der Waals surface area (Å²) in [6, 6.07) is 0. The molecule has 2 aromatic heterocycles. The monoisotopic (exact) mass is 618 g/mol. The summed E-state index contributed by atoms with van der Waals surface area (Å²) in [5.74, 6) is -34.1. The van der Waals surface area contributed by atoms with E-state index in [1.54, 1.807) is 0 Å². The number of rotatable bonds is 1. The summed E-state index contributed by atoms with van der Waals surface area (Å²) >= 11 is 4.46. The average Bonchev–Trinajstić information content (AvgIpc) is 3.16. The van der Waals surface area contributed by atoms with Crippen LogP contribution < -0.4 is 0 Å². The van der Waals surface area contributed by atoms with Gasteiger partial charge < -0.3 is 0 Å². The molecule has 0 saturated heterocycles. The van der Waals surface area contributed by atoms with Gasteiger partial charge in [0.2, 0.25) is 0 Å². The van der Waals surface area contributed by atoms with Gasteiger partial charge in [-0.15, -0.1) is 22.7 Å². The zero-order valence-electron chi connectivity index (χ0n) is 13.1. The Bertz CT molecular complexity index is 1010. The van der Waals surface area contributed by atoms with Gasteiger partial charge in [-0.25, -0.2) is 0 Å². The molecule has 2 aromatic rings. The van der Waals surface area contributed by atoms with E-state index < -0.39 is 75.1 Å². The fourth-order valence-electron chi connectivity index (χ4n) is 3.31. The predicted octanol–water partition coefficient (Wildman–Crippen LogP) is 8.67. The minimum Gasteiger partial charge on any atom is -0.194 e. The van der Waals surface area contributed by atoms with Gasteiger partial charge in [-0.2, -0.15) is 52.7 Å². The Hall–Kier alpha value is -0.480. The van der Waals surface area contributed by atoms with Crippen LogP contribution in [0.25, 0.3) is 9.75 Å². The molecule has 0 unspecified atom stereocenters. The highest BCUT2D eigenvalue weighted by molar-refractivity contribution is 9.11. The fourth-order valence-corrected chi connectivity index (χ4v) is 7.50. The standard InChI is InChI=1S/C14Br2F12S2/c15-7-3-1(9(17,18)13(25,26)11(3,21)22)5(29-7)6-2-4(8(16)30-6)12(23,24)14(27,28)10(2,19)20. The molecule has 16 heteroatoms. The Balaban J connectivity index is 2.11. The van der Waals surface area contributed by atoms with Gasteiger partial charge in [0.1, 0.15) is 0 Å². The van der Waals surface area contributed by atoms with Crippen LogP contribution in [0.2, 0.25) is 0 Å². The summed E-state index contributed by atoms with van der Waals surface area (Å²) in [6.45, 7) is 0. The second kappa shape index (κ2) is 5.71. The van der Waals surface area contributed by atoms with Crippen molar-refractivity contribution in [1.82, 2.24) is 0 Å². The largest absolute Gasteiger partial charge is 0.380 e. The molecule has 30 heavy (non-hydrogen) atoms. The third-order valence-corrected chi connectivity index (χ3v) is 8.65. The molecule has 0 aliphatic heterocycles. The number of fused-ring (bicyclic) bond motifs is 2. The van der Waals surface area contributed by atoms with Crippen molar-refractivity contribution in [2.24, 2.45) is 0 Å². The van der Waals surface area contributed by atoms with E-state index in [4.69, 9.17) is 0 Å². The SMILES string of the molecule is FC1(F)c2c(Br)sc(-c3sc(Br)c4c3C(F)(F)C(F)(F)C4(F)F)c2C(F)(F)C1(F)F. The van der Waals surface area contributed by atoms with Crippen molar-refractivity contribution in [2.75, 3.05) is 0 Å². The van der Waals surface area contributed by atoms with Crippen molar-refractivity contribution in [3.8, 4) is 9.75 Å². The average molecular weight is 620 g/mol. The van der Waals surface area contributed by atoms with Crippen molar-refractivity contribution < 1.29 is 52.7 Å². The molecule has 2 aliphatic carbocycles. The minimum atomic E-state index is -5.98. The maximum absolute atomic E-state index is 14.3. The van der Waals surface area contributed by atoms with Crippen molar-refractivity contribution in [3.63, 3.8) is 0 Å². The van der Waals surface area contributed by atoms with Crippen LogP contribution in [0.1, 0.15) is 22.3 Å². The van der Waals surface area contributed by atoms with E-state index in [-0.39, 0.29) is 22.7 Å². The lowest BCUT2D eigenvalue weighted by Gasteiger charge is -2.25. The number of thiophene rings is 2. The summed E-state index contributed by atoms with van der Waals surface area (Å²) in [5, 5.41) is 0. The van der Waals surface area contributed by atoms with Crippen LogP contribution in [0, 0.1) is 0 Å². The van der Waals surface area contributed by atoms with Crippen LogP contribution in [0.4, 0.5) is 52.7 Å². The summed E-state index contributed by atoms with van der Waals surface area (Å²) in [6.07, 6.45) is 0. The lowest BCUT2D eigenvalue weighted by molar-refractivity contribution is -0.302. The zero-order chi connectivity index (χ0) is 23.0. The lowest BCUT2D eigenvalue weighted by atomic mass is 10.0. The van der Waals surface area contributed by atoms with Gasteiger partial charge in [0.05, 0.1) is 39.6 Å². The highest BCUT2D eigenvalue weighted by atomic mass is 79.9. The van der Waals surface area contributed by atoms with E-state index in [1.807, 2.05) is 0 Å². The van der Waals surface area contributed by atoms with Gasteiger partial charge in [0.25, 0.3) is 0 Å². The molecular weight excluding hydrogens is 620 g/mol. The van der Waals surface area contributed by atoms with Crippen molar-refractivity contribution in [3.05, 3.63) is 29.8 Å². The first-order valence-corrected chi connectivity index (χ1v) is 10.4. The summed E-state index contributed by atoms with van der Waals surface area (Å²) < 4.78 is 166. The normalized spacial score (nSPS) is 25.9. The highest BCUT2D eigenvalue weighted by Crippen LogP contribution is 2.72. The highest BCUT2D eigenvalue weighted by Gasteiger charge is 2.83. The van der Waals surface area contributed by atoms with E-state index in [0.717, 1.165) is 0 Å². The third kappa shape index (κ3) is 2.12. The Labute approximate surface area is 182 Å². The first-order chi connectivity index (χ1) is 13.3. The molecule has 2 heterocycles. The topological polar surface area (TPSA) is 0 Å². The molecule has 0 nitrogen and oxygen atoms in total. The van der Waals surface area contributed by atoms with Crippen LogP contribution in [0.3, 0.4) is 0 Å². The molecule has 0 fully saturated rings. The number of hydrogen-bond donors (Lipinski definition) is 0. The molecule has 166 valence electrons. The molecule has 0 bridgehead atoms. The van der Waals surface area contributed by atoms with Crippen molar-refractivity contribution in [2.45, 2.75) is 35.5 Å². The van der Waals surface area contributed by atoms with Gasteiger partial charge in [0, 0.05) is 0 Å². The molecule has 0 saturated carbocycles. The maximum Gasteiger partial charge on any atom is 0.380 e. The summed E-state index contributed by atoms with van der Waals surface area (Å²) in [5.41, 5.74) is -8.01.